The average Bonchev–Trinajstić information content (AvgIpc) is 2.75. The highest BCUT2D eigenvalue weighted by Crippen LogP contribution is 2.30. The van der Waals surface area contributed by atoms with Crippen molar-refractivity contribution in [1.82, 2.24) is 10.2 Å². The Morgan fingerprint density at radius 1 is 0.944 bits per heavy atom. The molecule has 0 spiro atoms. The molecule has 0 aliphatic carbocycles. The van der Waals surface area contributed by atoms with Gasteiger partial charge in [0.1, 0.15) is 5.75 Å². The van der Waals surface area contributed by atoms with E-state index in [0.717, 1.165) is 21.0 Å². The number of nitrogens with zero attached hydrogens (tertiary/aromatic N) is 2. The van der Waals surface area contributed by atoms with Crippen LogP contribution in [0.3, 0.4) is 0 Å². The number of hydrogen-bond acceptors (Lipinski definition) is 4. The van der Waals surface area contributed by atoms with Gasteiger partial charge in [-0.15, -0.1) is 5.10 Å². The van der Waals surface area contributed by atoms with Crippen molar-refractivity contribution < 1.29 is 4.74 Å². The molecule has 0 atom stereocenters. The van der Waals surface area contributed by atoms with Gasteiger partial charge in [-0.3, -0.25) is 0 Å². The Kier molecular flexibility index (Phi) is 3.32. The van der Waals surface area contributed by atoms with E-state index in [-0.39, 0.29) is 0 Å². The number of hydrogen-bond donors (Lipinski definition) is 0. The summed E-state index contributed by atoms with van der Waals surface area (Å²) in [5.41, 5.74) is 0. The highest BCUT2D eigenvalue weighted by molar-refractivity contribution is 9.11. The zero-order valence-electron chi connectivity index (χ0n) is 8.93. The number of benzene rings is 2. The molecule has 0 unspecified atom stereocenters. The Morgan fingerprint density at radius 2 is 1.72 bits per heavy atom. The second kappa shape index (κ2) is 4.95. The molecule has 0 fully saturated rings. The highest BCUT2D eigenvalue weighted by atomic mass is 79.9. The number of aromatic nitrogens is 2. The summed E-state index contributed by atoms with van der Waals surface area (Å²) in [6.07, 6.45) is 0. The van der Waals surface area contributed by atoms with Crippen molar-refractivity contribution in [1.29, 1.82) is 0 Å². The molecule has 3 rings (SSSR count). The first kappa shape index (κ1) is 12.1. The average molecular weight is 386 g/mol. The van der Waals surface area contributed by atoms with Crippen molar-refractivity contribution in [3.63, 3.8) is 0 Å². The summed E-state index contributed by atoms with van der Waals surface area (Å²) in [6, 6.07) is 12.0. The van der Waals surface area contributed by atoms with Crippen LogP contribution in [0.1, 0.15) is 0 Å². The summed E-state index contributed by atoms with van der Waals surface area (Å²) in [6.45, 7) is 0. The molecule has 0 aliphatic rings. The summed E-state index contributed by atoms with van der Waals surface area (Å²) in [4.78, 5) is 0. The van der Waals surface area contributed by atoms with E-state index in [4.69, 9.17) is 4.74 Å². The molecule has 0 saturated carbocycles. The maximum absolute atomic E-state index is 5.64. The molecule has 3 aromatic rings. The second-order valence-corrected chi connectivity index (χ2v) is 6.71. The smallest absolute Gasteiger partial charge is 0.300 e. The molecule has 90 valence electrons. The molecule has 1 aromatic heterocycles. The Morgan fingerprint density at radius 3 is 2.50 bits per heavy atom. The fourth-order valence-electron chi connectivity index (χ4n) is 1.59. The minimum absolute atomic E-state index is 0.526. The lowest BCUT2D eigenvalue weighted by Gasteiger charge is -2.03. The molecule has 0 N–H and O–H groups in total. The van der Waals surface area contributed by atoms with E-state index >= 15 is 0 Å². The van der Waals surface area contributed by atoms with E-state index < -0.39 is 0 Å². The first-order chi connectivity index (χ1) is 8.70. The minimum Gasteiger partial charge on any atom is -0.430 e. The van der Waals surface area contributed by atoms with Crippen LogP contribution in [0.2, 0.25) is 0 Å². The standard InChI is InChI=1S/C12H6Br2N2OS/c13-9-3-1-8-6-10(4-2-7(8)5-9)17-12-16-15-11(14)18-12/h1-6H. The molecule has 0 bridgehead atoms. The zero-order valence-corrected chi connectivity index (χ0v) is 12.9. The van der Waals surface area contributed by atoms with Crippen molar-refractivity contribution in [3.05, 3.63) is 44.8 Å². The summed E-state index contributed by atoms with van der Waals surface area (Å²) in [7, 11) is 0. The van der Waals surface area contributed by atoms with Gasteiger partial charge in [0.25, 0.3) is 5.19 Å². The Bertz CT molecular complexity index is 714. The fourth-order valence-corrected chi connectivity index (χ4v) is 2.91. The SMILES string of the molecule is Brc1ccc2cc(Oc3nnc(Br)s3)ccc2c1. The van der Waals surface area contributed by atoms with Gasteiger partial charge in [0.15, 0.2) is 3.92 Å². The molecule has 1 heterocycles. The normalized spacial score (nSPS) is 10.8. The topological polar surface area (TPSA) is 35.0 Å². The van der Waals surface area contributed by atoms with Gasteiger partial charge in [0, 0.05) is 4.47 Å². The van der Waals surface area contributed by atoms with E-state index in [1.807, 2.05) is 30.3 Å². The number of rotatable bonds is 2. The summed E-state index contributed by atoms with van der Waals surface area (Å²) in [5, 5.41) is 10.6. The maximum Gasteiger partial charge on any atom is 0.300 e. The van der Waals surface area contributed by atoms with Gasteiger partial charge >= 0.3 is 0 Å². The largest absolute Gasteiger partial charge is 0.430 e. The highest BCUT2D eigenvalue weighted by Gasteiger charge is 2.05. The number of fused-ring (bicyclic) bond motifs is 1. The number of halogens is 2. The molecule has 18 heavy (non-hydrogen) atoms. The van der Waals surface area contributed by atoms with Gasteiger partial charge in [-0.1, -0.05) is 33.2 Å². The first-order valence-electron chi connectivity index (χ1n) is 5.07. The summed E-state index contributed by atoms with van der Waals surface area (Å²) in [5.74, 6) is 0.758. The van der Waals surface area contributed by atoms with Crippen molar-refractivity contribution in [2.75, 3.05) is 0 Å². The van der Waals surface area contributed by atoms with E-state index in [0.29, 0.717) is 9.11 Å². The lowest BCUT2D eigenvalue weighted by Crippen LogP contribution is -1.83. The molecule has 2 aromatic carbocycles. The van der Waals surface area contributed by atoms with Crippen LogP contribution in [0.25, 0.3) is 10.8 Å². The van der Waals surface area contributed by atoms with Gasteiger partial charge < -0.3 is 4.74 Å². The fraction of sp³-hybridized carbons (Fsp3) is 0. The van der Waals surface area contributed by atoms with E-state index in [1.54, 1.807) is 0 Å². The lowest BCUT2D eigenvalue weighted by atomic mass is 10.1. The predicted molar refractivity (Wildman–Crippen MR) is 79.3 cm³/mol. The van der Waals surface area contributed by atoms with Crippen molar-refractivity contribution in [2.24, 2.45) is 0 Å². The zero-order chi connectivity index (χ0) is 12.5. The first-order valence-corrected chi connectivity index (χ1v) is 7.47. The lowest BCUT2D eigenvalue weighted by molar-refractivity contribution is 0.474. The summed E-state index contributed by atoms with van der Waals surface area (Å²) < 4.78 is 7.42. The molecule has 3 nitrogen and oxygen atoms in total. The van der Waals surface area contributed by atoms with Crippen molar-refractivity contribution in [2.45, 2.75) is 0 Å². The minimum atomic E-state index is 0.526. The molecule has 0 amide bonds. The molecule has 0 aliphatic heterocycles. The van der Waals surface area contributed by atoms with Gasteiger partial charge in [-0.2, -0.15) is 0 Å². The van der Waals surface area contributed by atoms with Crippen LogP contribution in [0.15, 0.2) is 44.8 Å². The molecular weight excluding hydrogens is 380 g/mol. The van der Waals surface area contributed by atoms with Crippen LogP contribution in [0.4, 0.5) is 0 Å². The Labute approximate surface area is 124 Å². The summed E-state index contributed by atoms with van der Waals surface area (Å²) >= 11 is 8.06. The van der Waals surface area contributed by atoms with Crippen LogP contribution >= 0.6 is 43.2 Å². The van der Waals surface area contributed by atoms with Crippen LogP contribution < -0.4 is 4.74 Å². The van der Waals surface area contributed by atoms with Crippen molar-refractivity contribution >= 4 is 54.0 Å². The second-order valence-electron chi connectivity index (χ2n) is 3.58. The van der Waals surface area contributed by atoms with Crippen LogP contribution in [-0.2, 0) is 0 Å². The third kappa shape index (κ3) is 2.55. The van der Waals surface area contributed by atoms with Gasteiger partial charge in [0.05, 0.1) is 0 Å². The van der Waals surface area contributed by atoms with E-state index in [1.165, 1.54) is 11.3 Å². The Hall–Kier alpha value is -0.980. The molecule has 0 radical (unpaired) electrons. The number of ether oxygens (including phenoxy) is 1. The van der Waals surface area contributed by atoms with Gasteiger partial charge in [-0.05, 0) is 62.3 Å². The third-order valence-corrected chi connectivity index (χ3v) is 4.09. The van der Waals surface area contributed by atoms with Crippen molar-refractivity contribution in [3.8, 4) is 10.9 Å². The van der Waals surface area contributed by atoms with Crippen LogP contribution in [0.5, 0.6) is 10.9 Å². The van der Waals surface area contributed by atoms with Gasteiger partial charge in [0.2, 0.25) is 0 Å². The van der Waals surface area contributed by atoms with Gasteiger partial charge in [-0.25, -0.2) is 0 Å². The molecule has 0 saturated heterocycles. The molecular formula is C12H6Br2N2OS. The van der Waals surface area contributed by atoms with Crippen LogP contribution in [-0.4, -0.2) is 10.2 Å². The maximum atomic E-state index is 5.64. The van der Waals surface area contributed by atoms with Crippen LogP contribution in [0, 0.1) is 0 Å². The molecule has 6 heteroatoms. The third-order valence-electron chi connectivity index (χ3n) is 2.36. The Balaban J connectivity index is 1.96. The van der Waals surface area contributed by atoms with E-state index in [9.17, 15) is 0 Å². The monoisotopic (exact) mass is 384 g/mol. The van der Waals surface area contributed by atoms with E-state index in [2.05, 4.69) is 48.1 Å². The predicted octanol–water partition coefficient (Wildman–Crippen LogP) is 5.01. The quantitative estimate of drug-likeness (QED) is 0.621.